The lowest BCUT2D eigenvalue weighted by Crippen LogP contribution is -2.56. The second-order valence-electron chi connectivity index (χ2n) is 4.98. The average Bonchev–Trinajstić information content (AvgIpc) is 2.39. The summed E-state index contributed by atoms with van der Waals surface area (Å²) < 4.78 is 0. The van der Waals surface area contributed by atoms with Crippen molar-refractivity contribution >= 4 is 5.91 Å². The Morgan fingerprint density at radius 1 is 1.35 bits per heavy atom. The maximum absolute atomic E-state index is 12.4. The topological polar surface area (TPSA) is 46.3 Å². The fraction of sp³-hybridized carbons (Fsp3) is 0.500. The van der Waals surface area contributed by atoms with E-state index in [-0.39, 0.29) is 11.4 Å². The van der Waals surface area contributed by atoms with Gasteiger partial charge in [0.2, 0.25) is 0 Å². The minimum absolute atomic E-state index is 0.109. The Balaban J connectivity index is 2.23. The van der Waals surface area contributed by atoms with Crippen LogP contribution in [0.1, 0.15) is 36.5 Å². The van der Waals surface area contributed by atoms with Crippen molar-refractivity contribution in [2.24, 2.45) is 5.73 Å². The number of hydrogen-bond acceptors (Lipinski definition) is 2. The molecule has 0 radical (unpaired) electrons. The van der Waals surface area contributed by atoms with Crippen LogP contribution in [-0.2, 0) is 0 Å². The summed E-state index contributed by atoms with van der Waals surface area (Å²) in [7, 11) is 0. The van der Waals surface area contributed by atoms with Gasteiger partial charge in [0.05, 0.1) is 5.54 Å². The van der Waals surface area contributed by atoms with Crippen molar-refractivity contribution in [3.63, 3.8) is 0 Å². The summed E-state index contributed by atoms with van der Waals surface area (Å²) >= 11 is 0. The van der Waals surface area contributed by atoms with Crippen LogP contribution in [0.25, 0.3) is 0 Å². The highest BCUT2D eigenvalue weighted by Crippen LogP contribution is 2.28. The van der Waals surface area contributed by atoms with Crippen molar-refractivity contribution in [1.29, 1.82) is 0 Å². The van der Waals surface area contributed by atoms with Crippen molar-refractivity contribution < 1.29 is 4.79 Å². The fourth-order valence-electron chi connectivity index (χ4n) is 2.48. The summed E-state index contributed by atoms with van der Waals surface area (Å²) in [6.07, 6.45) is 3.24. The van der Waals surface area contributed by atoms with E-state index in [1.165, 1.54) is 0 Å². The molecule has 1 atom stereocenters. The summed E-state index contributed by atoms with van der Waals surface area (Å²) in [5.74, 6) is 0.109. The van der Waals surface area contributed by atoms with Crippen molar-refractivity contribution in [3.8, 4) is 0 Å². The van der Waals surface area contributed by atoms with Crippen LogP contribution < -0.4 is 5.73 Å². The molecule has 1 aliphatic rings. The van der Waals surface area contributed by atoms with E-state index in [1.54, 1.807) is 0 Å². The molecule has 0 saturated carbocycles. The van der Waals surface area contributed by atoms with Gasteiger partial charge in [-0.15, -0.1) is 0 Å². The number of nitrogens with zero attached hydrogens (tertiary/aromatic N) is 1. The van der Waals surface area contributed by atoms with Gasteiger partial charge in [0.1, 0.15) is 0 Å². The van der Waals surface area contributed by atoms with Gasteiger partial charge in [-0.3, -0.25) is 4.79 Å². The number of nitrogens with two attached hydrogens (primary N) is 1. The van der Waals surface area contributed by atoms with Crippen LogP contribution in [0.15, 0.2) is 30.3 Å². The van der Waals surface area contributed by atoms with Gasteiger partial charge < -0.3 is 10.6 Å². The molecule has 17 heavy (non-hydrogen) atoms. The lowest BCUT2D eigenvalue weighted by molar-refractivity contribution is 0.0403. The SMILES string of the molecule is CC1(CN)CCCCN1C(=O)c1ccccc1. The fourth-order valence-corrected chi connectivity index (χ4v) is 2.48. The molecule has 3 nitrogen and oxygen atoms in total. The zero-order valence-corrected chi connectivity index (χ0v) is 10.4. The lowest BCUT2D eigenvalue weighted by atomic mass is 9.88. The van der Waals surface area contributed by atoms with Crippen LogP contribution in [0, 0.1) is 0 Å². The molecule has 1 heterocycles. The Kier molecular flexibility index (Phi) is 3.48. The number of rotatable bonds is 2. The van der Waals surface area contributed by atoms with Gasteiger partial charge in [-0.25, -0.2) is 0 Å². The molecule has 0 aromatic heterocycles. The number of amides is 1. The molecule has 2 rings (SSSR count). The van der Waals surface area contributed by atoms with Crippen LogP contribution in [0.4, 0.5) is 0 Å². The number of likely N-dealkylation sites (tertiary alicyclic amines) is 1. The molecule has 0 spiro atoms. The standard InChI is InChI=1S/C14H20N2O/c1-14(11-15)9-5-6-10-16(14)13(17)12-7-3-2-4-8-12/h2-4,7-8H,5-6,9-11,15H2,1H3. The molecule has 1 amide bonds. The minimum Gasteiger partial charge on any atom is -0.332 e. The zero-order chi connectivity index (χ0) is 12.3. The summed E-state index contributed by atoms with van der Waals surface area (Å²) in [4.78, 5) is 14.4. The molecular weight excluding hydrogens is 212 g/mol. The Morgan fingerprint density at radius 2 is 2.06 bits per heavy atom. The highest BCUT2D eigenvalue weighted by atomic mass is 16.2. The second-order valence-corrected chi connectivity index (χ2v) is 4.98. The van der Waals surface area contributed by atoms with Gasteiger partial charge in [0, 0.05) is 18.7 Å². The van der Waals surface area contributed by atoms with Crippen molar-refractivity contribution in [2.45, 2.75) is 31.7 Å². The van der Waals surface area contributed by atoms with E-state index < -0.39 is 0 Å². The highest BCUT2D eigenvalue weighted by molar-refractivity contribution is 5.94. The molecule has 1 saturated heterocycles. The number of carbonyl (C=O) groups excluding carboxylic acids is 1. The van der Waals surface area contributed by atoms with Gasteiger partial charge >= 0.3 is 0 Å². The second kappa shape index (κ2) is 4.88. The van der Waals surface area contributed by atoms with Crippen LogP contribution in [0.2, 0.25) is 0 Å². The maximum Gasteiger partial charge on any atom is 0.254 e. The number of hydrogen-bond donors (Lipinski definition) is 1. The molecule has 0 aliphatic carbocycles. The largest absolute Gasteiger partial charge is 0.332 e. The van der Waals surface area contributed by atoms with Crippen LogP contribution in [0.3, 0.4) is 0 Å². The van der Waals surface area contributed by atoms with E-state index in [9.17, 15) is 4.79 Å². The third-order valence-corrected chi connectivity index (χ3v) is 3.70. The predicted octanol–water partition coefficient (Wildman–Crippen LogP) is 2.03. The smallest absolute Gasteiger partial charge is 0.254 e. The molecular formula is C14H20N2O. The average molecular weight is 232 g/mol. The summed E-state index contributed by atoms with van der Waals surface area (Å²) in [6.45, 7) is 3.44. The van der Waals surface area contributed by atoms with E-state index in [2.05, 4.69) is 6.92 Å². The van der Waals surface area contributed by atoms with E-state index >= 15 is 0 Å². The van der Waals surface area contributed by atoms with Gasteiger partial charge in [-0.05, 0) is 38.3 Å². The van der Waals surface area contributed by atoms with Gasteiger partial charge in [0.25, 0.3) is 5.91 Å². The summed E-state index contributed by atoms with van der Waals surface area (Å²) in [5.41, 5.74) is 6.43. The zero-order valence-electron chi connectivity index (χ0n) is 10.4. The third kappa shape index (κ3) is 2.34. The van der Waals surface area contributed by atoms with E-state index in [4.69, 9.17) is 5.73 Å². The first-order valence-corrected chi connectivity index (χ1v) is 6.24. The summed E-state index contributed by atoms with van der Waals surface area (Å²) in [5, 5.41) is 0. The molecule has 1 aromatic carbocycles. The van der Waals surface area contributed by atoms with Gasteiger partial charge in [-0.2, -0.15) is 0 Å². The Labute approximate surface area is 103 Å². The Bertz CT molecular complexity index is 390. The Hall–Kier alpha value is -1.35. The normalized spacial score (nSPS) is 24.7. The van der Waals surface area contributed by atoms with E-state index in [0.717, 1.165) is 31.4 Å². The number of carbonyl (C=O) groups is 1. The van der Waals surface area contributed by atoms with Crippen LogP contribution in [-0.4, -0.2) is 29.4 Å². The molecule has 1 aliphatic heterocycles. The van der Waals surface area contributed by atoms with E-state index in [1.807, 2.05) is 35.2 Å². The highest BCUT2D eigenvalue weighted by Gasteiger charge is 2.36. The molecule has 3 heteroatoms. The van der Waals surface area contributed by atoms with Gasteiger partial charge in [0.15, 0.2) is 0 Å². The Morgan fingerprint density at radius 3 is 2.71 bits per heavy atom. The van der Waals surface area contributed by atoms with Crippen LogP contribution in [0.5, 0.6) is 0 Å². The van der Waals surface area contributed by atoms with Crippen molar-refractivity contribution in [2.75, 3.05) is 13.1 Å². The predicted molar refractivity (Wildman–Crippen MR) is 68.8 cm³/mol. The number of benzene rings is 1. The third-order valence-electron chi connectivity index (χ3n) is 3.70. The maximum atomic E-state index is 12.4. The molecule has 1 aromatic rings. The first-order chi connectivity index (χ1) is 8.17. The molecule has 2 N–H and O–H groups in total. The molecule has 92 valence electrons. The summed E-state index contributed by atoms with van der Waals surface area (Å²) in [6, 6.07) is 9.46. The first-order valence-electron chi connectivity index (χ1n) is 6.24. The van der Waals surface area contributed by atoms with Crippen molar-refractivity contribution in [3.05, 3.63) is 35.9 Å². The number of piperidine rings is 1. The monoisotopic (exact) mass is 232 g/mol. The molecule has 1 fully saturated rings. The lowest BCUT2D eigenvalue weighted by Gasteiger charge is -2.44. The van der Waals surface area contributed by atoms with Crippen molar-refractivity contribution in [1.82, 2.24) is 4.90 Å². The van der Waals surface area contributed by atoms with Crippen LogP contribution >= 0.6 is 0 Å². The first kappa shape index (κ1) is 12.1. The molecule has 1 unspecified atom stereocenters. The minimum atomic E-state index is -0.175. The van der Waals surface area contributed by atoms with E-state index in [0.29, 0.717) is 6.54 Å². The molecule has 0 bridgehead atoms. The van der Waals surface area contributed by atoms with Gasteiger partial charge in [-0.1, -0.05) is 18.2 Å². The quantitative estimate of drug-likeness (QED) is 0.848.